The lowest BCUT2D eigenvalue weighted by atomic mass is 9.72. The number of nitro groups is 1. The normalized spacial score (nSPS) is 19.1. The van der Waals surface area contributed by atoms with Gasteiger partial charge in [-0.25, -0.2) is 0 Å². The molecule has 0 aliphatic heterocycles. The van der Waals surface area contributed by atoms with E-state index in [1.165, 1.54) is 0 Å². The van der Waals surface area contributed by atoms with Crippen LogP contribution in [0.25, 0.3) is 0 Å². The van der Waals surface area contributed by atoms with Crippen LogP contribution in [0.15, 0.2) is 18.2 Å². The number of nitro benzene ring substituents is 1. The van der Waals surface area contributed by atoms with E-state index in [-0.39, 0.29) is 12.0 Å². The van der Waals surface area contributed by atoms with Crippen molar-refractivity contribution in [2.75, 3.05) is 0 Å². The molecule has 11 heteroatoms. The van der Waals surface area contributed by atoms with Crippen LogP contribution in [0.5, 0.6) is 0 Å². The summed E-state index contributed by atoms with van der Waals surface area (Å²) in [6, 6.07) is 2.71. The van der Waals surface area contributed by atoms with Gasteiger partial charge < -0.3 is 5.11 Å². The summed E-state index contributed by atoms with van der Waals surface area (Å²) in [5, 5.41) is 20.1. The van der Waals surface area contributed by atoms with Crippen molar-refractivity contribution in [1.82, 2.24) is 0 Å². The standard InChI is InChI=1S/C13H9F6NO4/c14-12(15,16)11(22,13(17,18)19)9-4-2-6-1-3-7(20(23)24)5-8(6)10(9)21/h1,3,5,9,22H,2,4H2. The van der Waals surface area contributed by atoms with Crippen molar-refractivity contribution in [1.29, 1.82) is 0 Å². The highest BCUT2D eigenvalue weighted by molar-refractivity contribution is 6.01. The van der Waals surface area contributed by atoms with Gasteiger partial charge in [0.2, 0.25) is 0 Å². The molecule has 5 nitrogen and oxygen atoms in total. The van der Waals surface area contributed by atoms with Crippen LogP contribution in [0.4, 0.5) is 32.0 Å². The number of hydrogen-bond acceptors (Lipinski definition) is 4. The predicted molar refractivity (Wildman–Crippen MR) is 66.3 cm³/mol. The van der Waals surface area contributed by atoms with Crippen LogP contribution in [0.1, 0.15) is 22.3 Å². The first-order valence-electron chi connectivity index (χ1n) is 6.48. The first-order chi connectivity index (χ1) is 10.8. The first-order valence-corrected chi connectivity index (χ1v) is 6.48. The van der Waals surface area contributed by atoms with Gasteiger partial charge in [-0.3, -0.25) is 14.9 Å². The molecule has 2 rings (SSSR count). The molecule has 1 aromatic carbocycles. The largest absolute Gasteiger partial charge is 0.427 e. The molecular weight excluding hydrogens is 348 g/mol. The molecule has 1 aromatic rings. The number of Topliss-reactive ketones (excluding diaryl/α,β-unsaturated/α-hetero) is 1. The summed E-state index contributed by atoms with van der Waals surface area (Å²) in [5.41, 5.74) is -6.40. The van der Waals surface area contributed by atoms with Crippen molar-refractivity contribution in [3.63, 3.8) is 0 Å². The summed E-state index contributed by atoms with van der Waals surface area (Å²) in [6.07, 6.45) is -13.5. The zero-order valence-electron chi connectivity index (χ0n) is 11.6. The molecule has 1 unspecified atom stereocenters. The second-order valence-corrected chi connectivity index (χ2v) is 5.32. The average Bonchev–Trinajstić information content (AvgIpc) is 2.44. The van der Waals surface area contributed by atoms with Crippen LogP contribution < -0.4 is 0 Å². The number of carbonyl (C=O) groups is 1. The lowest BCUT2D eigenvalue weighted by molar-refractivity contribution is -0.385. The van der Waals surface area contributed by atoms with E-state index in [1.54, 1.807) is 0 Å². The maximum absolute atomic E-state index is 12.9. The summed E-state index contributed by atoms with van der Waals surface area (Å²) < 4.78 is 77.5. The number of non-ortho nitro benzene ring substituents is 1. The molecule has 0 saturated carbocycles. The summed E-state index contributed by atoms with van der Waals surface area (Å²) >= 11 is 0. The van der Waals surface area contributed by atoms with Gasteiger partial charge in [-0.05, 0) is 18.4 Å². The number of halogens is 6. The summed E-state index contributed by atoms with van der Waals surface area (Å²) in [4.78, 5) is 21.9. The van der Waals surface area contributed by atoms with Crippen LogP contribution in [0, 0.1) is 16.0 Å². The molecule has 0 bridgehead atoms. The van der Waals surface area contributed by atoms with E-state index in [9.17, 15) is 46.4 Å². The van der Waals surface area contributed by atoms with E-state index in [4.69, 9.17) is 0 Å². The Morgan fingerprint density at radius 3 is 2.12 bits per heavy atom. The Kier molecular flexibility index (Phi) is 4.11. The SMILES string of the molecule is O=C1c2cc([N+](=O)[O-])ccc2CCC1C(O)(C(F)(F)F)C(F)(F)F. The molecule has 1 aliphatic carbocycles. The van der Waals surface area contributed by atoms with Crippen molar-refractivity contribution in [3.05, 3.63) is 39.4 Å². The Bertz CT molecular complexity index is 683. The summed E-state index contributed by atoms with van der Waals surface area (Å²) in [7, 11) is 0. The van der Waals surface area contributed by atoms with E-state index in [0.717, 1.165) is 12.1 Å². The van der Waals surface area contributed by atoms with E-state index in [2.05, 4.69) is 0 Å². The molecule has 0 amide bonds. The van der Waals surface area contributed by atoms with Crippen molar-refractivity contribution in [2.45, 2.75) is 30.8 Å². The van der Waals surface area contributed by atoms with Gasteiger partial charge in [0.05, 0.1) is 10.8 Å². The van der Waals surface area contributed by atoms with Crippen molar-refractivity contribution >= 4 is 11.5 Å². The fourth-order valence-corrected chi connectivity index (χ4v) is 2.70. The Labute approximate surface area is 130 Å². The molecule has 0 saturated heterocycles. The number of ketones is 1. The molecule has 24 heavy (non-hydrogen) atoms. The topological polar surface area (TPSA) is 80.4 Å². The number of fused-ring (bicyclic) bond motifs is 1. The van der Waals surface area contributed by atoms with Gasteiger partial charge in [0.1, 0.15) is 0 Å². The minimum atomic E-state index is -6.14. The fourth-order valence-electron chi connectivity index (χ4n) is 2.70. The highest BCUT2D eigenvalue weighted by atomic mass is 19.4. The molecule has 1 atom stereocenters. The number of alkyl halides is 6. The monoisotopic (exact) mass is 357 g/mol. The van der Waals surface area contributed by atoms with Gasteiger partial charge in [0.25, 0.3) is 11.3 Å². The van der Waals surface area contributed by atoms with Crippen LogP contribution in [0.2, 0.25) is 0 Å². The number of nitrogens with zero attached hydrogens (tertiary/aromatic N) is 1. The third-order valence-corrected chi connectivity index (χ3v) is 3.96. The highest BCUT2D eigenvalue weighted by Crippen LogP contribution is 2.51. The van der Waals surface area contributed by atoms with Crippen LogP contribution in [-0.4, -0.2) is 33.8 Å². The zero-order chi connectivity index (χ0) is 18.5. The van der Waals surface area contributed by atoms with Gasteiger partial charge in [-0.1, -0.05) is 6.07 Å². The second-order valence-electron chi connectivity index (χ2n) is 5.32. The van der Waals surface area contributed by atoms with Crippen molar-refractivity contribution in [2.24, 2.45) is 5.92 Å². The Morgan fingerprint density at radius 2 is 1.67 bits per heavy atom. The summed E-state index contributed by atoms with van der Waals surface area (Å²) in [6.45, 7) is 0. The van der Waals surface area contributed by atoms with Crippen molar-refractivity contribution < 1.29 is 41.2 Å². The molecule has 0 heterocycles. The Hall–Kier alpha value is -2.17. The predicted octanol–water partition coefficient (Wildman–Crippen LogP) is 3.20. The molecule has 0 radical (unpaired) electrons. The quantitative estimate of drug-likeness (QED) is 0.501. The molecule has 0 spiro atoms. The fraction of sp³-hybridized carbons (Fsp3) is 0.462. The Morgan fingerprint density at radius 1 is 1.12 bits per heavy atom. The molecule has 1 N–H and O–H groups in total. The number of hydrogen-bond donors (Lipinski definition) is 1. The van der Waals surface area contributed by atoms with E-state index in [0.29, 0.717) is 6.07 Å². The van der Waals surface area contributed by atoms with E-state index in [1.807, 2.05) is 0 Å². The lowest BCUT2D eigenvalue weighted by Gasteiger charge is -2.39. The highest BCUT2D eigenvalue weighted by Gasteiger charge is 2.75. The van der Waals surface area contributed by atoms with Crippen LogP contribution in [-0.2, 0) is 6.42 Å². The minimum absolute atomic E-state index is 0.0912. The zero-order valence-corrected chi connectivity index (χ0v) is 11.6. The Balaban J connectivity index is 2.57. The number of rotatable bonds is 2. The maximum Gasteiger partial charge on any atom is 0.427 e. The minimum Gasteiger partial charge on any atom is -0.373 e. The third-order valence-electron chi connectivity index (χ3n) is 3.96. The van der Waals surface area contributed by atoms with E-state index >= 15 is 0 Å². The first kappa shape index (κ1) is 18.2. The summed E-state index contributed by atoms with van der Waals surface area (Å²) in [5.74, 6) is -4.45. The van der Waals surface area contributed by atoms with Gasteiger partial charge in [0, 0.05) is 17.7 Å². The van der Waals surface area contributed by atoms with Gasteiger partial charge in [0.15, 0.2) is 5.78 Å². The smallest absolute Gasteiger partial charge is 0.373 e. The van der Waals surface area contributed by atoms with Gasteiger partial charge in [-0.15, -0.1) is 0 Å². The number of aliphatic hydroxyl groups is 1. The van der Waals surface area contributed by atoms with E-state index < -0.39 is 52.2 Å². The maximum atomic E-state index is 12.9. The molecule has 0 aromatic heterocycles. The van der Waals surface area contributed by atoms with Crippen LogP contribution >= 0.6 is 0 Å². The lowest BCUT2D eigenvalue weighted by Crippen LogP contribution is -2.64. The number of aryl methyl sites for hydroxylation is 1. The third kappa shape index (κ3) is 2.62. The number of carbonyl (C=O) groups excluding carboxylic acids is 1. The second kappa shape index (κ2) is 5.43. The van der Waals surface area contributed by atoms with Crippen molar-refractivity contribution in [3.8, 4) is 0 Å². The molecule has 1 aliphatic rings. The molecule has 0 fully saturated rings. The molecular formula is C13H9F6NO4. The van der Waals surface area contributed by atoms with Gasteiger partial charge >= 0.3 is 12.4 Å². The average molecular weight is 357 g/mol. The number of benzene rings is 1. The van der Waals surface area contributed by atoms with Crippen LogP contribution in [0.3, 0.4) is 0 Å². The van der Waals surface area contributed by atoms with Gasteiger partial charge in [-0.2, -0.15) is 26.3 Å². The molecule has 132 valence electrons.